The molecule has 2 N–H and O–H groups in total. The predicted octanol–water partition coefficient (Wildman–Crippen LogP) is 5.69. The molecule has 3 fully saturated rings. The highest BCUT2D eigenvalue weighted by Crippen LogP contribution is 2.39. The zero-order valence-corrected chi connectivity index (χ0v) is 45.7. The number of likely N-dealkylation sites (N-methyl/N-ethyl adjacent to an activating group) is 2. The second kappa shape index (κ2) is 29.2. The maximum atomic E-state index is 14.2. The molecule has 19 nitrogen and oxygen atoms in total. The van der Waals surface area contributed by atoms with Gasteiger partial charge in [0.15, 0.2) is 24.3 Å². The standard InChI is InChI=1S/C56H83N3O16/c1-12-45(63)71-44-31-47(65)70-41(19-16-18-38-22-24-39(25-23-38)42-21-14-15-27-57-42)20-17-28-59(10)33-43(62)34(3)30-40(26-29-60)52(53(44)67-11)74-55-50(66)49(58(8)9)51(35(4)69-55)73-48-32-56(7,75-37(6)61)54(36(5)68-48)72-46(64)13-2/h14-16,18,21-25,27,29,34-36,40-41,43-44,48-55,62,66H,12-13,17,19-20,26,28,30-33H2,1-11H3/b18-16+/t34-,35?,36?,40+,41+,43+,44-,48+,49?,50?,51+,52+,53+,54+,55+,56?/m1/s1. The van der Waals surface area contributed by atoms with E-state index < -0.39 is 127 Å². The number of carbonyl (C=O) groups excluding carboxylic acids is 5. The van der Waals surface area contributed by atoms with Gasteiger partial charge >= 0.3 is 23.9 Å². The summed E-state index contributed by atoms with van der Waals surface area (Å²) in [6.45, 7) is 12.4. The monoisotopic (exact) mass is 1050 g/mol. The van der Waals surface area contributed by atoms with Crippen LogP contribution in [0.4, 0.5) is 0 Å². The summed E-state index contributed by atoms with van der Waals surface area (Å²) >= 11 is 0. The van der Waals surface area contributed by atoms with E-state index in [4.69, 9.17) is 42.6 Å². The third-order valence-corrected chi connectivity index (χ3v) is 14.4. The summed E-state index contributed by atoms with van der Waals surface area (Å²) in [6, 6.07) is 12.9. The number of esters is 4. The van der Waals surface area contributed by atoms with Crippen molar-refractivity contribution in [2.45, 2.75) is 192 Å². The number of pyridine rings is 1. The maximum Gasteiger partial charge on any atom is 0.309 e. The largest absolute Gasteiger partial charge is 0.462 e. The molecule has 3 aliphatic rings. The summed E-state index contributed by atoms with van der Waals surface area (Å²) in [5.41, 5.74) is 1.46. The molecular weight excluding hydrogens is 971 g/mol. The van der Waals surface area contributed by atoms with Crippen molar-refractivity contribution < 1.29 is 76.8 Å². The van der Waals surface area contributed by atoms with Gasteiger partial charge in [-0.05, 0) is 97.3 Å². The Morgan fingerprint density at radius 2 is 1.64 bits per heavy atom. The van der Waals surface area contributed by atoms with Crippen LogP contribution in [0.15, 0.2) is 54.7 Å². The second-order valence-corrected chi connectivity index (χ2v) is 20.7. The lowest BCUT2D eigenvalue weighted by atomic mass is 9.82. The smallest absolute Gasteiger partial charge is 0.309 e. The number of methoxy groups -OCH3 is 1. The van der Waals surface area contributed by atoms with Gasteiger partial charge in [0.25, 0.3) is 0 Å². The molecule has 0 bridgehead atoms. The Morgan fingerprint density at radius 3 is 2.27 bits per heavy atom. The van der Waals surface area contributed by atoms with Crippen molar-refractivity contribution in [3.05, 3.63) is 60.3 Å². The van der Waals surface area contributed by atoms with Crippen LogP contribution in [0.5, 0.6) is 0 Å². The Balaban J connectivity index is 1.44. The first kappa shape index (κ1) is 61.2. The molecule has 4 heterocycles. The fraction of sp³-hybridized carbons (Fsp3) is 0.679. The van der Waals surface area contributed by atoms with E-state index in [1.807, 2.05) is 73.5 Å². The van der Waals surface area contributed by atoms with Gasteiger partial charge in [0.1, 0.15) is 36.8 Å². The van der Waals surface area contributed by atoms with Gasteiger partial charge < -0.3 is 67.4 Å². The fourth-order valence-electron chi connectivity index (χ4n) is 10.5. The SMILES string of the molecule is CCC(=O)O[C@@H]1CC(=O)O[C@@H](C/C=C/c2ccc(-c3ccccn3)cc2)CCCN(C)C[C@H](O)[C@H](C)C[C@H](CC=O)[C@H](O[C@@H]2OC(C)[C@H](O[C@H]3CC(C)(OC(C)=O)[C@@H](OC(=O)CC)C(C)O3)C(N(C)C)C2O)[C@H]1OC. The third kappa shape index (κ3) is 17.4. The lowest BCUT2D eigenvalue weighted by molar-refractivity contribution is -0.344. The van der Waals surface area contributed by atoms with E-state index in [2.05, 4.69) is 4.98 Å². The Kier molecular flexibility index (Phi) is 23.8. The van der Waals surface area contributed by atoms with Gasteiger partial charge in [0.2, 0.25) is 0 Å². The molecule has 75 heavy (non-hydrogen) atoms. The molecule has 19 heteroatoms. The topological polar surface area (TPSA) is 228 Å². The van der Waals surface area contributed by atoms with E-state index in [9.17, 15) is 34.2 Å². The average Bonchev–Trinajstić information content (AvgIpc) is 3.35. The lowest BCUT2D eigenvalue weighted by Gasteiger charge is -2.50. The number of cyclic esters (lactones) is 1. The lowest BCUT2D eigenvalue weighted by Crippen LogP contribution is -2.66. The van der Waals surface area contributed by atoms with Crippen LogP contribution in [0.2, 0.25) is 0 Å². The second-order valence-electron chi connectivity index (χ2n) is 20.7. The molecule has 0 saturated carbocycles. The molecule has 0 radical (unpaired) electrons. The summed E-state index contributed by atoms with van der Waals surface area (Å²) in [5, 5.41) is 24.1. The zero-order chi connectivity index (χ0) is 55.0. The summed E-state index contributed by atoms with van der Waals surface area (Å²) < 4.78 is 56.2. The number of aromatic nitrogens is 1. The van der Waals surface area contributed by atoms with Crippen LogP contribution < -0.4 is 0 Å². The Morgan fingerprint density at radius 1 is 0.933 bits per heavy atom. The third-order valence-electron chi connectivity index (χ3n) is 14.4. The molecule has 0 aliphatic carbocycles. The van der Waals surface area contributed by atoms with E-state index in [0.717, 1.165) is 23.1 Å². The Hall–Kier alpha value is -4.70. The van der Waals surface area contributed by atoms with E-state index >= 15 is 0 Å². The molecule has 1 aromatic heterocycles. The number of benzene rings is 1. The minimum atomic E-state index is -1.44. The molecule has 0 amide bonds. The molecule has 5 rings (SSSR count). The number of ether oxygens (including phenoxy) is 9. The van der Waals surface area contributed by atoms with Crippen LogP contribution in [0.1, 0.15) is 112 Å². The summed E-state index contributed by atoms with van der Waals surface area (Å²) in [6.07, 6.45) is -4.67. The maximum absolute atomic E-state index is 14.2. The number of hydrogen-bond acceptors (Lipinski definition) is 19. The quantitative estimate of drug-likeness (QED) is 0.110. The van der Waals surface area contributed by atoms with Gasteiger partial charge in [0, 0.05) is 64.4 Å². The van der Waals surface area contributed by atoms with Crippen LogP contribution in [-0.4, -0.2) is 182 Å². The molecule has 3 aliphatic heterocycles. The number of rotatable bonds is 17. The summed E-state index contributed by atoms with van der Waals surface area (Å²) in [5.74, 6) is -3.46. The number of hydrogen-bond donors (Lipinski definition) is 2. The molecule has 5 unspecified atom stereocenters. The van der Waals surface area contributed by atoms with Gasteiger partial charge in [-0.25, -0.2) is 0 Å². The van der Waals surface area contributed by atoms with E-state index in [-0.39, 0.29) is 32.1 Å². The molecular formula is C56H83N3O16. The van der Waals surface area contributed by atoms with Gasteiger partial charge in [-0.1, -0.05) is 63.3 Å². The van der Waals surface area contributed by atoms with Crippen molar-refractivity contribution in [2.75, 3.05) is 41.3 Å². The number of aldehydes is 1. The zero-order valence-electron chi connectivity index (χ0n) is 45.7. The van der Waals surface area contributed by atoms with Gasteiger partial charge in [-0.15, -0.1) is 0 Å². The first-order chi connectivity index (χ1) is 35.7. The van der Waals surface area contributed by atoms with Gasteiger partial charge in [-0.3, -0.25) is 24.2 Å². The van der Waals surface area contributed by atoms with Crippen molar-refractivity contribution in [1.82, 2.24) is 14.8 Å². The van der Waals surface area contributed by atoms with Gasteiger partial charge in [-0.2, -0.15) is 0 Å². The molecule has 3 saturated heterocycles. The number of carbonyl (C=O) groups is 5. The fourth-order valence-corrected chi connectivity index (χ4v) is 10.5. The van der Waals surface area contributed by atoms with Crippen LogP contribution in [0.25, 0.3) is 17.3 Å². The van der Waals surface area contributed by atoms with Crippen LogP contribution in [-0.2, 0) is 66.6 Å². The summed E-state index contributed by atoms with van der Waals surface area (Å²) in [4.78, 5) is 73.2. The molecule has 16 atom stereocenters. The van der Waals surface area contributed by atoms with Crippen molar-refractivity contribution in [3.63, 3.8) is 0 Å². The van der Waals surface area contributed by atoms with E-state index in [1.54, 1.807) is 59.8 Å². The molecule has 2 aromatic rings. The highest BCUT2D eigenvalue weighted by Gasteiger charge is 2.54. The van der Waals surface area contributed by atoms with Crippen molar-refractivity contribution in [3.8, 4) is 11.3 Å². The predicted molar refractivity (Wildman–Crippen MR) is 276 cm³/mol. The highest BCUT2D eigenvalue weighted by molar-refractivity contribution is 5.73. The van der Waals surface area contributed by atoms with Crippen LogP contribution >= 0.6 is 0 Å². The minimum absolute atomic E-state index is 0.0251. The summed E-state index contributed by atoms with van der Waals surface area (Å²) in [7, 11) is 6.80. The Bertz CT molecular complexity index is 2150. The van der Waals surface area contributed by atoms with E-state index in [1.165, 1.54) is 14.0 Å². The first-order valence-electron chi connectivity index (χ1n) is 26.5. The molecule has 418 valence electrons. The molecule has 1 aromatic carbocycles. The average molecular weight is 1050 g/mol. The Labute approximate surface area is 442 Å². The van der Waals surface area contributed by atoms with Crippen molar-refractivity contribution >= 4 is 36.2 Å². The number of aliphatic hydroxyl groups is 2. The molecule has 0 spiro atoms. The van der Waals surface area contributed by atoms with Gasteiger partial charge in [0.05, 0.1) is 42.6 Å². The van der Waals surface area contributed by atoms with E-state index in [0.29, 0.717) is 32.4 Å². The van der Waals surface area contributed by atoms with Crippen LogP contribution in [0, 0.1) is 11.8 Å². The van der Waals surface area contributed by atoms with Crippen molar-refractivity contribution in [1.29, 1.82) is 0 Å². The normalized spacial score (nSPS) is 33.8. The number of aliphatic hydroxyl groups excluding tert-OH is 2. The minimum Gasteiger partial charge on any atom is -0.462 e. The number of nitrogens with zero attached hydrogens (tertiary/aromatic N) is 3. The number of β-amino-alcohol motifs (C(OH)–C–C–N with tert-alkyl or cyclic N) is 1. The van der Waals surface area contributed by atoms with Crippen LogP contribution in [0.3, 0.4) is 0 Å². The van der Waals surface area contributed by atoms with Crippen molar-refractivity contribution in [2.24, 2.45) is 11.8 Å². The highest BCUT2D eigenvalue weighted by atomic mass is 16.7. The first-order valence-corrected chi connectivity index (χ1v) is 26.5.